The van der Waals surface area contributed by atoms with Crippen molar-refractivity contribution in [2.24, 2.45) is 5.73 Å². The molecule has 0 unspecified atom stereocenters. The summed E-state index contributed by atoms with van der Waals surface area (Å²) in [7, 11) is 0. The van der Waals surface area contributed by atoms with Gasteiger partial charge < -0.3 is 15.0 Å². The van der Waals surface area contributed by atoms with Crippen LogP contribution in [0.5, 0.6) is 5.75 Å². The van der Waals surface area contributed by atoms with E-state index >= 15 is 0 Å². The van der Waals surface area contributed by atoms with Crippen molar-refractivity contribution >= 4 is 0 Å². The number of ether oxygens (including phenoxy) is 1. The lowest BCUT2D eigenvalue weighted by atomic mass is 9.77. The summed E-state index contributed by atoms with van der Waals surface area (Å²) < 4.78 is 35.7. The Morgan fingerprint density at radius 1 is 1.27 bits per heavy atom. The number of hydrogen-bond acceptors (Lipinski definition) is 7. The Bertz CT molecular complexity index is 917. The lowest BCUT2D eigenvalue weighted by molar-refractivity contribution is -0.0498. The summed E-state index contributed by atoms with van der Waals surface area (Å²) in [5.41, 5.74) is 7.43. The molecule has 2 heterocycles. The minimum Gasteiger partial charge on any atom is -0.435 e. The molecular weight excluding hydrogens is 346 g/mol. The van der Waals surface area contributed by atoms with Crippen LogP contribution in [0.3, 0.4) is 0 Å². The van der Waals surface area contributed by atoms with E-state index in [1.807, 2.05) is 0 Å². The molecule has 0 radical (unpaired) electrons. The van der Waals surface area contributed by atoms with Crippen LogP contribution in [0.4, 0.5) is 8.78 Å². The third-order valence-electron chi connectivity index (χ3n) is 4.52. The molecule has 1 saturated carbocycles. The van der Waals surface area contributed by atoms with Crippen molar-refractivity contribution in [2.45, 2.75) is 38.3 Å². The standard InChI is InChI=1S/C16H16F2N6O2/c1-9-12(13-20-14(22-26-13)16(19)7-2-8-16)21-23-24(9)10-3-5-11(6-4-10)25-15(17)18/h3-6,15H,2,7-8,19H2,1H3. The van der Waals surface area contributed by atoms with Crippen LogP contribution in [0.1, 0.15) is 30.8 Å². The summed E-state index contributed by atoms with van der Waals surface area (Å²) >= 11 is 0. The van der Waals surface area contributed by atoms with Gasteiger partial charge in [-0.3, -0.25) is 0 Å². The van der Waals surface area contributed by atoms with Gasteiger partial charge in [0.1, 0.15) is 5.75 Å². The van der Waals surface area contributed by atoms with E-state index in [0.717, 1.165) is 19.3 Å². The van der Waals surface area contributed by atoms with Crippen LogP contribution in [-0.2, 0) is 5.54 Å². The van der Waals surface area contributed by atoms with E-state index in [-0.39, 0.29) is 11.6 Å². The van der Waals surface area contributed by atoms with Crippen LogP contribution in [0, 0.1) is 6.92 Å². The second-order valence-corrected chi connectivity index (χ2v) is 6.24. The van der Waals surface area contributed by atoms with Gasteiger partial charge in [-0.2, -0.15) is 13.8 Å². The van der Waals surface area contributed by atoms with Gasteiger partial charge in [0.15, 0.2) is 11.5 Å². The molecule has 0 bridgehead atoms. The van der Waals surface area contributed by atoms with Crippen LogP contribution in [0.15, 0.2) is 28.8 Å². The fraction of sp³-hybridized carbons (Fsp3) is 0.375. The molecule has 1 fully saturated rings. The van der Waals surface area contributed by atoms with Crippen molar-refractivity contribution in [3.05, 3.63) is 35.8 Å². The van der Waals surface area contributed by atoms with E-state index in [0.29, 0.717) is 22.9 Å². The van der Waals surface area contributed by atoms with E-state index < -0.39 is 12.2 Å². The van der Waals surface area contributed by atoms with Gasteiger partial charge in [-0.15, -0.1) is 5.10 Å². The number of halogens is 2. The monoisotopic (exact) mass is 362 g/mol. The topological polar surface area (TPSA) is 105 Å². The molecule has 0 atom stereocenters. The van der Waals surface area contributed by atoms with Gasteiger partial charge in [0, 0.05) is 0 Å². The summed E-state index contributed by atoms with van der Waals surface area (Å²) in [5.74, 6) is 0.788. The average Bonchev–Trinajstić information content (AvgIpc) is 3.20. The molecule has 0 aliphatic heterocycles. The summed E-state index contributed by atoms with van der Waals surface area (Å²) in [6, 6.07) is 6.07. The lowest BCUT2D eigenvalue weighted by Crippen LogP contribution is -2.44. The van der Waals surface area contributed by atoms with Crippen molar-refractivity contribution in [1.29, 1.82) is 0 Å². The van der Waals surface area contributed by atoms with Crippen molar-refractivity contribution in [3.8, 4) is 23.0 Å². The minimum atomic E-state index is -2.87. The molecule has 2 N–H and O–H groups in total. The Morgan fingerprint density at radius 3 is 2.62 bits per heavy atom. The van der Waals surface area contributed by atoms with Crippen molar-refractivity contribution in [2.75, 3.05) is 0 Å². The maximum Gasteiger partial charge on any atom is 0.387 e. The second-order valence-electron chi connectivity index (χ2n) is 6.24. The van der Waals surface area contributed by atoms with Gasteiger partial charge in [-0.05, 0) is 50.5 Å². The average molecular weight is 362 g/mol. The highest BCUT2D eigenvalue weighted by Gasteiger charge is 2.39. The molecule has 26 heavy (non-hydrogen) atoms. The molecule has 0 saturated heterocycles. The van der Waals surface area contributed by atoms with Gasteiger partial charge in [0.25, 0.3) is 5.89 Å². The van der Waals surface area contributed by atoms with Crippen LogP contribution < -0.4 is 10.5 Å². The van der Waals surface area contributed by atoms with Gasteiger partial charge in [-0.25, -0.2) is 4.68 Å². The Hall–Kier alpha value is -2.88. The zero-order valence-electron chi connectivity index (χ0n) is 13.9. The highest BCUT2D eigenvalue weighted by atomic mass is 19.3. The first-order chi connectivity index (χ1) is 12.5. The van der Waals surface area contributed by atoms with Crippen molar-refractivity contribution < 1.29 is 18.0 Å². The number of benzene rings is 1. The molecule has 1 aliphatic carbocycles. The van der Waals surface area contributed by atoms with E-state index in [2.05, 4.69) is 25.2 Å². The quantitative estimate of drug-likeness (QED) is 0.743. The van der Waals surface area contributed by atoms with Crippen LogP contribution in [-0.4, -0.2) is 31.7 Å². The molecule has 8 nitrogen and oxygen atoms in total. The SMILES string of the molecule is Cc1c(-c2nc(C3(N)CCC3)no2)nnn1-c1ccc(OC(F)F)cc1. The molecule has 4 rings (SSSR count). The molecule has 1 aromatic carbocycles. The van der Waals surface area contributed by atoms with Crippen LogP contribution in [0.25, 0.3) is 17.3 Å². The van der Waals surface area contributed by atoms with E-state index in [9.17, 15) is 8.78 Å². The fourth-order valence-corrected chi connectivity index (χ4v) is 2.84. The summed E-state index contributed by atoms with van der Waals surface area (Å²) in [6.45, 7) is -1.07. The molecule has 0 spiro atoms. The predicted octanol–water partition coefficient (Wildman–Crippen LogP) is 2.57. The lowest BCUT2D eigenvalue weighted by Gasteiger charge is -2.34. The Morgan fingerprint density at radius 2 is 2.00 bits per heavy atom. The molecule has 0 amide bonds. The third-order valence-corrected chi connectivity index (χ3v) is 4.52. The van der Waals surface area contributed by atoms with Crippen LogP contribution in [0.2, 0.25) is 0 Å². The largest absolute Gasteiger partial charge is 0.435 e. The first-order valence-corrected chi connectivity index (χ1v) is 8.07. The highest BCUT2D eigenvalue weighted by molar-refractivity contribution is 5.52. The first kappa shape index (κ1) is 16.6. The summed E-state index contributed by atoms with van der Waals surface area (Å²) in [4.78, 5) is 4.37. The van der Waals surface area contributed by atoms with E-state index in [1.54, 1.807) is 23.7 Å². The van der Waals surface area contributed by atoms with Gasteiger partial charge in [0.05, 0.1) is 16.9 Å². The number of nitrogens with two attached hydrogens (primary N) is 1. The molecule has 1 aliphatic rings. The maximum absolute atomic E-state index is 12.2. The second kappa shape index (κ2) is 6.13. The fourth-order valence-electron chi connectivity index (χ4n) is 2.84. The first-order valence-electron chi connectivity index (χ1n) is 8.07. The van der Waals surface area contributed by atoms with Crippen LogP contribution >= 0.6 is 0 Å². The van der Waals surface area contributed by atoms with Crippen molar-refractivity contribution in [3.63, 3.8) is 0 Å². The molecule has 10 heteroatoms. The predicted molar refractivity (Wildman–Crippen MR) is 85.7 cm³/mol. The number of hydrogen-bond donors (Lipinski definition) is 1. The maximum atomic E-state index is 12.2. The zero-order chi connectivity index (χ0) is 18.3. The third kappa shape index (κ3) is 2.81. The number of nitrogens with zero attached hydrogens (tertiary/aromatic N) is 5. The van der Waals surface area contributed by atoms with Gasteiger partial charge in [-0.1, -0.05) is 10.4 Å². The van der Waals surface area contributed by atoms with E-state index in [1.165, 1.54) is 12.1 Å². The normalized spacial score (nSPS) is 15.9. The molecule has 2 aromatic heterocycles. The van der Waals surface area contributed by atoms with Gasteiger partial charge in [0.2, 0.25) is 0 Å². The number of rotatable bonds is 5. The Kier molecular flexibility index (Phi) is 3.91. The Labute approximate surface area is 146 Å². The smallest absolute Gasteiger partial charge is 0.387 e. The number of aromatic nitrogens is 5. The van der Waals surface area contributed by atoms with Gasteiger partial charge >= 0.3 is 6.61 Å². The zero-order valence-corrected chi connectivity index (χ0v) is 13.9. The minimum absolute atomic E-state index is 0.0667. The molecule has 136 valence electrons. The summed E-state index contributed by atoms with van der Waals surface area (Å²) in [5, 5.41) is 12.1. The number of alkyl halides is 2. The summed E-state index contributed by atoms with van der Waals surface area (Å²) in [6.07, 6.45) is 2.69. The molecule has 3 aromatic rings. The molecular formula is C16H16F2N6O2. The van der Waals surface area contributed by atoms with Crippen molar-refractivity contribution in [1.82, 2.24) is 25.1 Å². The Balaban J connectivity index is 1.60. The van der Waals surface area contributed by atoms with E-state index in [4.69, 9.17) is 10.3 Å². The highest BCUT2D eigenvalue weighted by Crippen LogP contribution is 2.37.